The lowest BCUT2D eigenvalue weighted by Crippen LogP contribution is -2.43. The van der Waals surface area contributed by atoms with Crippen molar-refractivity contribution in [2.45, 2.75) is 51.2 Å². The van der Waals surface area contributed by atoms with Crippen LogP contribution in [0.3, 0.4) is 0 Å². The molecular weight excluding hydrogens is 260 g/mol. The van der Waals surface area contributed by atoms with E-state index in [1.165, 1.54) is 51.0 Å². The number of nitrogens with one attached hydrogen (secondary N) is 1. The number of nitrogens with zero attached hydrogens (tertiary/aromatic N) is 3. The van der Waals surface area contributed by atoms with Crippen LogP contribution in [0.2, 0.25) is 0 Å². The van der Waals surface area contributed by atoms with Crippen molar-refractivity contribution in [1.82, 2.24) is 15.2 Å². The van der Waals surface area contributed by atoms with Gasteiger partial charge in [0.15, 0.2) is 0 Å². The van der Waals surface area contributed by atoms with Gasteiger partial charge in [0, 0.05) is 50.6 Å². The third-order valence-electron chi connectivity index (χ3n) is 4.91. The summed E-state index contributed by atoms with van der Waals surface area (Å²) < 4.78 is 0. The maximum absolute atomic E-state index is 4.49. The Labute approximate surface area is 128 Å². The second kappa shape index (κ2) is 6.75. The van der Waals surface area contributed by atoms with Gasteiger partial charge in [-0.3, -0.25) is 4.98 Å². The van der Waals surface area contributed by atoms with E-state index in [-0.39, 0.29) is 0 Å². The summed E-state index contributed by atoms with van der Waals surface area (Å²) in [5.74, 6) is 0. The Morgan fingerprint density at radius 1 is 1.29 bits per heavy atom. The van der Waals surface area contributed by atoms with E-state index in [2.05, 4.69) is 46.2 Å². The minimum Gasteiger partial charge on any atom is -0.371 e. The van der Waals surface area contributed by atoms with Crippen molar-refractivity contribution < 1.29 is 0 Å². The van der Waals surface area contributed by atoms with E-state index in [1.54, 1.807) is 0 Å². The molecule has 0 aromatic carbocycles. The molecule has 1 aromatic rings. The van der Waals surface area contributed by atoms with Crippen LogP contribution < -0.4 is 10.2 Å². The van der Waals surface area contributed by atoms with Crippen molar-refractivity contribution in [3.8, 4) is 0 Å². The number of hydrogen-bond donors (Lipinski definition) is 1. The summed E-state index contributed by atoms with van der Waals surface area (Å²) >= 11 is 0. The predicted molar refractivity (Wildman–Crippen MR) is 87.6 cm³/mol. The maximum atomic E-state index is 4.49. The number of anilines is 1. The molecule has 1 aromatic heterocycles. The number of rotatable bonds is 6. The van der Waals surface area contributed by atoms with Crippen LogP contribution in [0.25, 0.3) is 0 Å². The van der Waals surface area contributed by atoms with E-state index in [9.17, 15) is 0 Å². The first-order valence-corrected chi connectivity index (χ1v) is 8.39. The van der Waals surface area contributed by atoms with E-state index >= 15 is 0 Å². The monoisotopic (exact) mass is 288 g/mol. The van der Waals surface area contributed by atoms with E-state index in [1.807, 2.05) is 6.20 Å². The quantitative estimate of drug-likeness (QED) is 0.870. The summed E-state index contributed by atoms with van der Waals surface area (Å²) in [6, 6.07) is 5.81. The Balaban J connectivity index is 1.58. The van der Waals surface area contributed by atoms with Crippen LogP contribution in [-0.2, 0) is 6.54 Å². The van der Waals surface area contributed by atoms with Crippen molar-refractivity contribution >= 4 is 5.69 Å². The molecule has 21 heavy (non-hydrogen) atoms. The highest BCUT2D eigenvalue weighted by molar-refractivity contribution is 5.46. The molecule has 1 aliphatic heterocycles. The molecule has 4 heteroatoms. The second-order valence-electron chi connectivity index (χ2n) is 6.44. The standard InChI is InChI=1S/C17H28N4/c1-3-21-10-7-16(8-11-21)20(2)17-6-9-18-15(12-17)13-19-14-4-5-14/h6,9,12,14,16,19H,3-5,7-8,10-11,13H2,1-2H3. The summed E-state index contributed by atoms with van der Waals surface area (Å²) in [5, 5.41) is 3.54. The Hall–Kier alpha value is -1.13. The van der Waals surface area contributed by atoms with Gasteiger partial charge in [0.2, 0.25) is 0 Å². The van der Waals surface area contributed by atoms with Crippen LogP contribution in [0.4, 0.5) is 5.69 Å². The topological polar surface area (TPSA) is 31.4 Å². The van der Waals surface area contributed by atoms with Gasteiger partial charge in [-0.2, -0.15) is 0 Å². The molecule has 0 radical (unpaired) electrons. The third kappa shape index (κ3) is 3.95. The van der Waals surface area contributed by atoms with Crippen molar-refractivity contribution in [3.63, 3.8) is 0 Å². The van der Waals surface area contributed by atoms with E-state index < -0.39 is 0 Å². The van der Waals surface area contributed by atoms with Gasteiger partial charge in [0.25, 0.3) is 0 Å². The highest BCUT2D eigenvalue weighted by Gasteiger charge is 2.23. The zero-order chi connectivity index (χ0) is 14.7. The Morgan fingerprint density at radius 3 is 2.71 bits per heavy atom. The Bertz CT molecular complexity index is 450. The lowest BCUT2D eigenvalue weighted by molar-refractivity contribution is 0.221. The highest BCUT2D eigenvalue weighted by atomic mass is 15.2. The summed E-state index contributed by atoms with van der Waals surface area (Å²) in [6.07, 6.45) is 7.15. The van der Waals surface area contributed by atoms with Crippen molar-refractivity contribution in [1.29, 1.82) is 0 Å². The third-order valence-corrected chi connectivity index (χ3v) is 4.91. The maximum Gasteiger partial charge on any atom is 0.0562 e. The van der Waals surface area contributed by atoms with Gasteiger partial charge in [-0.05, 0) is 44.4 Å². The molecule has 0 bridgehead atoms. The Kier molecular flexibility index (Phi) is 4.76. The zero-order valence-corrected chi connectivity index (χ0v) is 13.4. The summed E-state index contributed by atoms with van der Waals surface area (Å²) in [4.78, 5) is 9.49. The van der Waals surface area contributed by atoms with Crippen LogP contribution in [0.5, 0.6) is 0 Å². The molecule has 1 aliphatic carbocycles. The molecule has 3 rings (SSSR count). The summed E-state index contributed by atoms with van der Waals surface area (Å²) in [5.41, 5.74) is 2.48. The average molecular weight is 288 g/mol. The number of hydrogen-bond acceptors (Lipinski definition) is 4. The number of pyridine rings is 1. The molecule has 0 amide bonds. The van der Waals surface area contributed by atoms with Gasteiger partial charge >= 0.3 is 0 Å². The molecule has 2 heterocycles. The van der Waals surface area contributed by atoms with Gasteiger partial charge < -0.3 is 15.1 Å². The van der Waals surface area contributed by atoms with Crippen LogP contribution in [0.15, 0.2) is 18.3 Å². The highest BCUT2D eigenvalue weighted by Crippen LogP contribution is 2.23. The first-order chi connectivity index (χ1) is 10.3. The average Bonchev–Trinajstić information content (AvgIpc) is 3.37. The fraction of sp³-hybridized carbons (Fsp3) is 0.706. The van der Waals surface area contributed by atoms with Crippen LogP contribution >= 0.6 is 0 Å². The van der Waals surface area contributed by atoms with Crippen molar-refractivity contribution in [2.24, 2.45) is 0 Å². The first kappa shape index (κ1) is 14.8. The van der Waals surface area contributed by atoms with E-state index in [0.717, 1.165) is 18.3 Å². The number of aromatic nitrogens is 1. The van der Waals surface area contributed by atoms with Gasteiger partial charge in [0.1, 0.15) is 0 Å². The van der Waals surface area contributed by atoms with Gasteiger partial charge in [-0.1, -0.05) is 6.92 Å². The minimum absolute atomic E-state index is 0.666. The van der Waals surface area contributed by atoms with Crippen LogP contribution in [-0.4, -0.2) is 48.6 Å². The van der Waals surface area contributed by atoms with Crippen LogP contribution in [0.1, 0.15) is 38.3 Å². The molecule has 1 saturated carbocycles. The van der Waals surface area contributed by atoms with E-state index in [0.29, 0.717) is 6.04 Å². The number of likely N-dealkylation sites (tertiary alicyclic amines) is 1. The predicted octanol–water partition coefficient (Wildman–Crippen LogP) is 2.25. The van der Waals surface area contributed by atoms with Crippen molar-refractivity contribution in [2.75, 3.05) is 31.6 Å². The zero-order valence-electron chi connectivity index (χ0n) is 13.4. The molecular formula is C17H28N4. The minimum atomic E-state index is 0.666. The molecule has 2 fully saturated rings. The lowest BCUT2D eigenvalue weighted by atomic mass is 10.0. The Morgan fingerprint density at radius 2 is 2.05 bits per heavy atom. The molecule has 1 N–H and O–H groups in total. The lowest BCUT2D eigenvalue weighted by Gasteiger charge is -2.37. The fourth-order valence-corrected chi connectivity index (χ4v) is 3.15. The van der Waals surface area contributed by atoms with Gasteiger partial charge in [-0.25, -0.2) is 0 Å². The summed E-state index contributed by atoms with van der Waals surface area (Å²) in [7, 11) is 2.24. The van der Waals surface area contributed by atoms with E-state index in [4.69, 9.17) is 0 Å². The van der Waals surface area contributed by atoms with Gasteiger partial charge in [0.05, 0.1) is 5.69 Å². The molecule has 116 valence electrons. The second-order valence-corrected chi connectivity index (χ2v) is 6.44. The molecule has 0 spiro atoms. The smallest absolute Gasteiger partial charge is 0.0562 e. The molecule has 0 atom stereocenters. The molecule has 0 unspecified atom stereocenters. The largest absolute Gasteiger partial charge is 0.371 e. The van der Waals surface area contributed by atoms with Crippen molar-refractivity contribution in [3.05, 3.63) is 24.0 Å². The van der Waals surface area contributed by atoms with Gasteiger partial charge in [-0.15, -0.1) is 0 Å². The normalized spacial score (nSPS) is 20.7. The fourth-order valence-electron chi connectivity index (χ4n) is 3.15. The molecule has 4 nitrogen and oxygen atoms in total. The molecule has 2 aliphatic rings. The summed E-state index contributed by atoms with van der Waals surface area (Å²) in [6.45, 7) is 6.80. The first-order valence-electron chi connectivity index (χ1n) is 8.39. The number of piperidine rings is 1. The molecule has 1 saturated heterocycles. The SMILES string of the molecule is CCN1CCC(N(C)c2ccnc(CNC3CC3)c2)CC1. The van der Waals surface area contributed by atoms with Crippen LogP contribution in [0, 0.1) is 0 Å².